The highest BCUT2D eigenvalue weighted by molar-refractivity contribution is 5.34. The first-order chi connectivity index (χ1) is 7.34. The number of hydrogen-bond acceptors (Lipinski definition) is 3. The maximum atomic E-state index is 4.42. The van der Waals surface area contributed by atoms with E-state index in [2.05, 4.69) is 26.8 Å². The number of rotatable bonds is 1. The third kappa shape index (κ3) is 1.53. The summed E-state index contributed by atoms with van der Waals surface area (Å²) in [5.74, 6) is 1.95. The van der Waals surface area contributed by atoms with E-state index in [-0.39, 0.29) is 0 Å². The van der Waals surface area contributed by atoms with Crippen LogP contribution in [0.1, 0.15) is 12.8 Å². The molecule has 0 saturated carbocycles. The van der Waals surface area contributed by atoms with Crippen LogP contribution in [0.15, 0.2) is 12.4 Å². The van der Waals surface area contributed by atoms with Gasteiger partial charge < -0.3 is 14.8 Å². The molecule has 2 saturated heterocycles. The Bertz CT molecular complexity index is 332. The molecule has 1 aromatic heterocycles. The average molecular weight is 206 g/mol. The first-order valence-electron chi connectivity index (χ1n) is 5.80. The minimum Gasteiger partial charge on any atom is -0.340 e. The number of nitrogens with zero attached hydrogens (tertiary/aromatic N) is 3. The molecule has 3 rings (SSSR count). The number of hydrogen-bond donors (Lipinski definition) is 1. The molecule has 4 heteroatoms. The Labute approximate surface area is 90.3 Å². The maximum Gasteiger partial charge on any atom is 0.205 e. The molecule has 2 unspecified atom stereocenters. The van der Waals surface area contributed by atoms with Crippen LogP contribution in [0, 0.1) is 5.92 Å². The maximum absolute atomic E-state index is 4.42. The Morgan fingerprint density at radius 2 is 2.40 bits per heavy atom. The summed E-state index contributed by atoms with van der Waals surface area (Å²) in [5.41, 5.74) is 0. The molecule has 4 nitrogen and oxygen atoms in total. The van der Waals surface area contributed by atoms with E-state index in [0.29, 0.717) is 6.04 Å². The third-order valence-electron chi connectivity index (χ3n) is 3.68. The molecule has 2 aliphatic rings. The van der Waals surface area contributed by atoms with Gasteiger partial charge in [-0.1, -0.05) is 0 Å². The molecular formula is C11H18N4. The van der Waals surface area contributed by atoms with Gasteiger partial charge in [-0.25, -0.2) is 4.98 Å². The molecule has 0 amide bonds. The molecule has 0 bridgehead atoms. The van der Waals surface area contributed by atoms with Crippen molar-refractivity contribution in [2.75, 3.05) is 24.5 Å². The summed E-state index contributed by atoms with van der Waals surface area (Å²) in [7, 11) is 2.07. The molecule has 82 valence electrons. The van der Waals surface area contributed by atoms with Crippen LogP contribution in [0.5, 0.6) is 0 Å². The Hall–Kier alpha value is -1.03. The quantitative estimate of drug-likeness (QED) is 0.731. The highest BCUT2D eigenvalue weighted by Crippen LogP contribution is 2.27. The van der Waals surface area contributed by atoms with Crippen molar-refractivity contribution >= 4 is 5.95 Å². The van der Waals surface area contributed by atoms with Gasteiger partial charge in [-0.05, 0) is 25.3 Å². The molecule has 1 N–H and O–H groups in total. The Kier molecular flexibility index (Phi) is 2.16. The van der Waals surface area contributed by atoms with Crippen LogP contribution in [0.4, 0.5) is 5.95 Å². The molecule has 15 heavy (non-hydrogen) atoms. The largest absolute Gasteiger partial charge is 0.340 e. The van der Waals surface area contributed by atoms with E-state index in [1.54, 1.807) is 0 Å². The van der Waals surface area contributed by atoms with Gasteiger partial charge in [0.2, 0.25) is 5.95 Å². The second kappa shape index (κ2) is 3.52. The van der Waals surface area contributed by atoms with Crippen LogP contribution in [0.25, 0.3) is 0 Å². The Balaban J connectivity index is 1.78. The first kappa shape index (κ1) is 9.21. The monoisotopic (exact) mass is 206 g/mol. The van der Waals surface area contributed by atoms with Crippen molar-refractivity contribution in [2.24, 2.45) is 13.0 Å². The zero-order valence-electron chi connectivity index (χ0n) is 9.19. The zero-order chi connectivity index (χ0) is 10.3. The number of nitrogens with one attached hydrogen (secondary N) is 1. The van der Waals surface area contributed by atoms with Gasteiger partial charge in [0.15, 0.2) is 0 Å². The molecule has 2 fully saturated rings. The van der Waals surface area contributed by atoms with Gasteiger partial charge in [0.05, 0.1) is 0 Å². The molecule has 0 aromatic carbocycles. The van der Waals surface area contributed by atoms with E-state index in [9.17, 15) is 0 Å². The summed E-state index contributed by atoms with van der Waals surface area (Å²) >= 11 is 0. The van der Waals surface area contributed by atoms with Gasteiger partial charge in [-0.2, -0.15) is 0 Å². The minimum atomic E-state index is 0.690. The second-order valence-corrected chi connectivity index (χ2v) is 4.71. The fourth-order valence-corrected chi connectivity index (χ4v) is 2.87. The fourth-order valence-electron chi connectivity index (χ4n) is 2.87. The average Bonchev–Trinajstić information content (AvgIpc) is 2.82. The first-order valence-corrected chi connectivity index (χ1v) is 5.80. The normalized spacial score (nSPS) is 30.6. The van der Waals surface area contributed by atoms with Crippen LogP contribution in [-0.2, 0) is 7.05 Å². The van der Waals surface area contributed by atoms with Crippen LogP contribution in [0.3, 0.4) is 0 Å². The highest BCUT2D eigenvalue weighted by Gasteiger charge is 2.35. The second-order valence-electron chi connectivity index (χ2n) is 4.71. The van der Waals surface area contributed by atoms with E-state index < -0.39 is 0 Å². The van der Waals surface area contributed by atoms with Gasteiger partial charge in [-0.3, -0.25) is 0 Å². The summed E-state index contributed by atoms with van der Waals surface area (Å²) in [6, 6.07) is 0.690. The van der Waals surface area contributed by atoms with E-state index in [4.69, 9.17) is 0 Å². The number of fused-ring (bicyclic) bond motifs is 1. The lowest BCUT2D eigenvalue weighted by molar-refractivity contribution is 0.340. The van der Waals surface area contributed by atoms with Gasteiger partial charge in [0.1, 0.15) is 0 Å². The molecule has 2 atom stereocenters. The molecular weight excluding hydrogens is 188 g/mol. The standard InChI is InChI=1S/C11H18N4/c1-14-6-5-13-11(14)15-7-9-3-2-4-12-10(9)8-15/h5-6,9-10,12H,2-4,7-8H2,1H3. The van der Waals surface area contributed by atoms with E-state index in [1.165, 1.54) is 25.9 Å². The van der Waals surface area contributed by atoms with Gasteiger partial charge >= 0.3 is 0 Å². The summed E-state index contributed by atoms with van der Waals surface area (Å²) in [4.78, 5) is 6.83. The highest BCUT2D eigenvalue weighted by atomic mass is 15.3. The lowest BCUT2D eigenvalue weighted by Crippen LogP contribution is -2.40. The summed E-state index contributed by atoms with van der Waals surface area (Å²) in [5, 5.41) is 3.61. The molecule has 0 spiro atoms. The lowest BCUT2D eigenvalue weighted by Gasteiger charge is -2.24. The van der Waals surface area contributed by atoms with Crippen LogP contribution < -0.4 is 10.2 Å². The van der Waals surface area contributed by atoms with E-state index in [0.717, 1.165) is 18.4 Å². The van der Waals surface area contributed by atoms with Crippen molar-refractivity contribution in [3.63, 3.8) is 0 Å². The Morgan fingerprint density at radius 3 is 3.13 bits per heavy atom. The lowest BCUT2D eigenvalue weighted by atomic mass is 9.94. The number of aryl methyl sites for hydroxylation is 1. The van der Waals surface area contributed by atoms with Gasteiger partial charge in [-0.15, -0.1) is 0 Å². The molecule has 0 aliphatic carbocycles. The van der Waals surface area contributed by atoms with Crippen LogP contribution in [0.2, 0.25) is 0 Å². The van der Waals surface area contributed by atoms with E-state index in [1.807, 2.05) is 12.4 Å². The van der Waals surface area contributed by atoms with Crippen molar-refractivity contribution in [1.29, 1.82) is 0 Å². The summed E-state index contributed by atoms with van der Waals surface area (Å²) in [6.07, 6.45) is 6.60. The number of piperidine rings is 1. The Morgan fingerprint density at radius 1 is 1.47 bits per heavy atom. The van der Waals surface area contributed by atoms with Crippen LogP contribution in [-0.4, -0.2) is 35.2 Å². The molecule has 3 heterocycles. The third-order valence-corrected chi connectivity index (χ3v) is 3.68. The van der Waals surface area contributed by atoms with Crippen molar-refractivity contribution in [3.05, 3.63) is 12.4 Å². The molecule has 0 radical (unpaired) electrons. The van der Waals surface area contributed by atoms with Crippen molar-refractivity contribution in [3.8, 4) is 0 Å². The van der Waals surface area contributed by atoms with Crippen molar-refractivity contribution < 1.29 is 0 Å². The predicted octanol–water partition coefficient (Wildman–Crippen LogP) is 0.608. The molecule has 2 aliphatic heterocycles. The van der Waals surface area contributed by atoms with Crippen LogP contribution >= 0.6 is 0 Å². The topological polar surface area (TPSA) is 33.1 Å². The smallest absolute Gasteiger partial charge is 0.205 e. The SMILES string of the molecule is Cn1ccnc1N1CC2CCCNC2C1. The van der Waals surface area contributed by atoms with Crippen molar-refractivity contribution in [2.45, 2.75) is 18.9 Å². The van der Waals surface area contributed by atoms with E-state index >= 15 is 0 Å². The minimum absolute atomic E-state index is 0.690. The number of anilines is 1. The summed E-state index contributed by atoms with van der Waals surface area (Å²) < 4.78 is 2.11. The predicted molar refractivity (Wildman–Crippen MR) is 59.9 cm³/mol. The summed E-state index contributed by atoms with van der Waals surface area (Å²) in [6.45, 7) is 3.48. The van der Waals surface area contributed by atoms with Crippen molar-refractivity contribution in [1.82, 2.24) is 14.9 Å². The fraction of sp³-hybridized carbons (Fsp3) is 0.727. The number of aromatic nitrogens is 2. The van der Waals surface area contributed by atoms with Gasteiger partial charge in [0, 0.05) is 38.6 Å². The molecule has 1 aromatic rings. The zero-order valence-corrected chi connectivity index (χ0v) is 9.19. The number of imidazole rings is 1. The van der Waals surface area contributed by atoms with Gasteiger partial charge in [0.25, 0.3) is 0 Å².